The van der Waals surface area contributed by atoms with Gasteiger partial charge in [-0.25, -0.2) is 9.97 Å². The van der Waals surface area contributed by atoms with Crippen LogP contribution in [-0.2, 0) is 6.42 Å². The average molecular weight is 290 g/mol. The van der Waals surface area contributed by atoms with Crippen molar-refractivity contribution in [2.45, 2.75) is 40.5 Å². The van der Waals surface area contributed by atoms with Crippen molar-refractivity contribution in [2.75, 3.05) is 23.7 Å². The molecule has 7 nitrogen and oxygen atoms in total. The standard InChI is InChI=1S/C14H22N6O/c1-5-7-15-13-9(2)14(18-10(3)17-13)16-8-6-12-19-11(4)21-20-12/h5-8H2,1-4H3,(H2,15,16,17,18). The van der Waals surface area contributed by atoms with Gasteiger partial charge in [-0.05, 0) is 20.3 Å². The number of rotatable bonds is 7. The summed E-state index contributed by atoms with van der Waals surface area (Å²) in [6.45, 7) is 9.42. The lowest BCUT2D eigenvalue weighted by molar-refractivity contribution is 0.387. The van der Waals surface area contributed by atoms with Crippen LogP contribution in [0.5, 0.6) is 0 Å². The number of nitrogens with zero attached hydrogens (tertiary/aromatic N) is 4. The minimum Gasteiger partial charge on any atom is -0.370 e. The van der Waals surface area contributed by atoms with Gasteiger partial charge < -0.3 is 15.2 Å². The zero-order valence-corrected chi connectivity index (χ0v) is 13.0. The van der Waals surface area contributed by atoms with E-state index in [-0.39, 0.29) is 0 Å². The largest absolute Gasteiger partial charge is 0.370 e. The second-order valence-electron chi connectivity index (χ2n) is 4.93. The summed E-state index contributed by atoms with van der Waals surface area (Å²) in [5, 5.41) is 10.5. The molecule has 2 aromatic rings. The number of anilines is 2. The Hall–Kier alpha value is -2.18. The van der Waals surface area contributed by atoms with Crippen LogP contribution in [0.1, 0.15) is 36.4 Å². The van der Waals surface area contributed by atoms with E-state index in [2.05, 4.69) is 37.7 Å². The number of hydrogen-bond acceptors (Lipinski definition) is 7. The normalized spacial score (nSPS) is 10.7. The van der Waals surface area contributed by atoms with Crippen LogP contribution >= 0.6 is 0 Å². The highest BCUT2D eigenvalue weighted by Gasteiger charge is 2.09. The Morgan fingerprint density at radius 2 is 1.62 bits per heavy atom. The van der Waals surface area contributed by atoms with Gasteiger partial charge in [0, 0.05) is 32.0 Å². The van der Waals surface area contributed by atoms with Gasteiger partial charge in [-0.1, -0.05) is 12.1 Å². The van der Waals surface area contributed by atoms with Gasteiger partial charge in [-0.15, -0.1) is 0 Å². The van der Waals surface area contributed by atoms with Crippen LogP contribution in [0.25, 0.3) is 0 Å². The van der Waals surface area contributed by atoms with Crippen molar-refractivity contribution >= 4 is 11.6 Å². The first-order valence-electron chi connectivity index (χ1n) is 7.22. The van der Waals surface area contributed by atoms with Crippen LogP contribution < -0.4 is 10.6 Å². The van der Waals surface area contributed by atoms with E-state index in [4.69, 9.17) is 4.52 Å². The van der Waals surface area contributed by atoms with Gasteiger partial charge >= 0.3 is 0 Å². The van der Waals surface area contributed by atoms with Crippen LogP contribution in [0, 0.1) is 20.8 Å². The Bertz CT molecular complexity index is 595. The quantitative estimate of drug-likeness (QED) is 0.808. The van der Waals surface area contributed by atoms with E-state index in [1.165, 1.54) is 0 Å². The van der Waals surface area contributed by atoms with Gasteiger partial charge in [0.05, 0.1) is 0 Å². The lowest BCUT2D eigenvalue weighted by atomic mass is 10.3. The molecule has 0 aliphatic heterocycles. The van der Waals surface area contributed by atoms with Crippen LogP contribution in [0.15, 0.2) is 4.52 Å². The van der Waals surface area contributed by atoms with Crippen molar-refractivity contribution in [1.29, 1.82) is 0 Å². The van der Waals surface area contributed by atoms with E-state index in [9.17, 15) is 0 Å². The van der Waals surface area contributed by atoms with Gasteiger partial charge in [-0.3, -0.25) is 0 Å². The highest BCUT2D eigenvalue weighted by atomic mass is 16.5. The van der Waals surface area contributed by atoms with Crippen LogP contribution in [0.4, 0.5) is 11.6 Å². The lowest BCUT2D eigenvalue weighted by Crippen LogP contribution is -2.13. The van der Waals surface area contributed by atoms with Crippen molar-refractivity contribution in [2.24, 2.45) is 0 Å². The van der Waals surface area contributed by atoms with Crippen molar-refractivity contribution in [1.82, 2.24) is 20.1 Å². The van der Waals surface area contributed by atoms with Gasteiger partial charge in [0.25, 0.3) is 0 Å². The molecule has 2 heterocycles. The molecule has 0 saturated carbocycles. The summed E-state index contributed by atoms with van der Waals surface area (Å²) in [6, 6.07) is 0. The summed E-state index contributed by atoms with van der Waals surface area (Å²) in [5.41, 5.74) is 1.03. The second kappa shape index (κ2) is 7.01. The van der Waals surface area contributed by atoms with E-state index >= 15 is 0 Å². The minimum absolute atomic E-state index is 0.588. The van der Waals surface area contributed by atoms with Crippen LogP contribution in [0.2, 0.25) is 0 Å². The maximum atomic E-state index is 4.95. The number of nitrogens with one attached hydrogen (secondary N) is 2. The number of aryl methyl sites for hydroxylation is 2. The summed E-state index contributed by atoms with van der Waals surface area (Å²) < 4.78 is 4.95. The fourth-order valence-electron chi connectivity index (χ4n) is 1.95. The van der Waals surface area contributed by atoms with Crippen molar-refractivity contribution < 1.29 is 4.52 Å². The molecule has 0 aliphatic rings. The minimum atomic E-state index is 0.588. The Morgan fingerprint density at radius 1 is 0.952 bits per heavy atom. The van der Waals surface area contributed by atoms with E-state index in [0.717, 1.165) is 36.0 Å². The van der Waals surface area contributed by atoms with Crippen LogP contribution in [-0.4, -0.2) is 33.2 Å². The molecule has 0 saturated heterocycles. The molecule has 2 rings (SSSR count). The summed E-state index contributed by atoms with van der Waals surface area (Å²) in [4.78, 5) is 13.1. The monoisotopic (exact) mass is 290 g/mol. The molecule has 0 aromatic carbocycles. The summed E-state index contributed by atoms with van der Waals surface area (Å²) in [6.07, 6.45) is 1.75. The van der Waals surface area contributed by atoms with Gasteiger partial charge in [0.1, 0.15) is 17.5 Å². The second-order valence-corrected chi connectivity index (χ2v) is 4.93. The topological polar surface area (TPSA) is 88.8 Å². The molecule has 0 amide bonds. The maximum absolute atomic E-state index is 4.95. The molecule has 0 bridgehead atoms. The van der Waals surface area contributed by atoms with Gasteiger partial charge in [0.15, 0.2) is 5.82 Å². The molecule has 0 aliphatic carbocycles. The molecule has 114 valence electrons. The lowest BCUT2D eigenvalue weighted by Gasteiger charge is -2.13. The molecule has 7 heteroatoms. The fraction of sp³-hybridized carbons (Fsp3) is 0.571. The van der Waals surface area contributed by atoms with Crippen molar-refractivity contribution in [3.05, 3.63) is 23.1 Å². The Kier molecular flexibility index (Phi) is 5.08. The summed E-state index contributed by atoms with van der Waals surface area (Å²) in [7, 11) is 0. The predicted octanol–water partition coefficient (Wildman–Crippen LogP) is 2.26. The summed E-state index contributed by atoms with van der Waals surface area (Å²) >= 11 is 0. The van der Waals surface area contributed by atoms with Crippen molar-refractivity contribution in [3.8, 4) is 0 Å². The molecule has 0 atom stereocenters. The van der Waals surface area contributed by atoms with E-state index in [1.807, 2.05) is 13.8 Å². The van der Waals surface area contributed by atoms with Crippen molar-refractivity contribution in [3.63, 3.8) is 0 Å². The van der Waals surface area contributed by atoms with Gasteiger partial charge in [-0.2, -0.15) is 4.98 Å². The highest BCUT2D eigenvalue weighted by Crippen LogP contribution is 2.19. The molecule has 0 fully saturated rings. The third-order valence-corrected chi connectivity index (χ3v) is 3.01. The molecule has 21 heavy (non-hydrogen) atoms. The smallest absolute Gasteiger partial charge is 0.223 e. The molecular weight excluding hydrogens is 268 g/mol. The molecular formula is C14H22N6O. The Balaban J connectivity index is 2.00. The first-order chi connectivity index (χ1) is 10.1. The molecule has 0 unspecified atom stereocenters. The molecule has 0 radical (unpaired) electrons. The molecule has 2 aromatic heterocycles. The first-order valence-corrected chi connectivity index (χ1v) is 7.22. The Morgan fingerprint density at radius 3 is 2.19 bits per heavy atom. The molecule has 2 N–H and O–H groups in total. The zero-order valence-electron chi connectivity index (χ0n) is 13.0. The highest BCUT2D eigenvalue weighted by molar-refractivity contribution is 5.57. The average Bonchev–Trinajstić information content (AvgIpc) is 2.86. The van der Waals surface area contributed by atoms with E-state index < -0.39 is 0 Å². The first kappa shape index (κ1) is 15.2. The maximum Gasteiger partial charge on any atom is 0.223 e. The van der Waals surface area contributed by atoms with Crippen LogP contribution in [0.3, 0.4) is 0 Å². The Labute approximate surface area is 124 Å². The third-order valence-electron chi connectivity index (χ3n) is 3.01. The SMILES string of the molecule is CCCNc1nc(C)nc(NCCc2noc(C)n2)c1C. The predicted molar refractivity (Wildman–Crippen MR) is 81.5 cm³/mol. The number of aromatic nitrogens is 4. The zero-order chi connectivity index (χ0) is 15.2. The third kappa shape index (κ3) is 4.14. The van der Waals surface area contributed by atoms with E-state index in [1.54, 1.807) is 6.92 Å². The fourth-order valence-corrected chi connectivity index (χ4v) is 1.95. The van der Waals surface area contributed by atoms with E-state index in [0.29, 0.717) is 24.7 Å². The van der Waals surface area contributed by atoms with Gasteiger partial charge in [0.2, 0.25) is 5.89 Å². The summed E-state index contributed by atoms with van der Waals surface area (Å²) in [5.74, 6) is 3.78. The molecule has 0 spiro atoms. The number of hydrogen-bond donors (Lipinski definition) is 2.